The number of carbonyl (C=O) groups excluding carboxylic acids is 1. The van der Waals surface area contributed by atoms with E-state index in [0.29, 0.717) is 12.5 Å². The van der Waals surface area contributed by atoms with Crippen LogP contribution in [0.4, 0.5) is 4.79 Å². The first-order valence-electron chi connectivity index (χ1n) is 7.10. The first kappa shape index (κ1) is 15.8. The Balaban J connectivity index is 2.77. The summed E-state index contributed by atoms with van der Waals surface area (Å²) in [6, 6.07) is 0.128. The zero-order chi connectivity index (χ0) is 14.6. The van der Waals surface area contributed by atoms with Crippen molar-refractivity contribution in [3.05, 3.63) is 0 Å². The highest BCUT2D eigenvalue weighted by Crippen LogP contribution is 2.25. The summed E-state index contributed by atoms with van der Waals surface area (Å²) in [5.74, 6) is -0.269. The highest BCUT2D eigenvalue weighted by molar-refractivity contribution is 5.80. The number of likely N-dealkylation sites (tertiary alicyclic amines) is 1. The van der Waals surface area contributed by atoms with E-state index in [4.69, 9.17) is 5.11 Å². The zero-order valence-corrected chi connectivity index (χ0v) is 12.4. The molecule has 1 rings (SSSR count). The van der Waals surface area contributed by atoms with Gasteiger partial charge < -0.3 is 14.9 Å². The monoisotopic (exact) mass is 270 g/mol. The third kappa shape index (κ3) is 4.40. The number of hydrogen-bond acceptors (Lipinski definition) is 2. The Hall–Kier alpha value is -1.26. The molecule has 0 aromatic rings. The molecular formula is C14H26N2O3. The molecule has 1 atom stereocenters. The molecule has 1 unspecified atom stereocenters. The normalized spacial score (nSPS) is 19.3. The fourth-order valence-electron chi connectivity index (χ4n) is 2.72. The van der Waals surface area contributed by atoms with E-state index >= 15 is 0 Å². The molecular weight excluding hydrogens is 244 g/mol. The van der Waals surface area contributed by atoms with E-state index in [-0.39, 0.29) is 24.5 Å². The molecule has 0 spiro atoms. The minimum atomic E-state index is -0.950. The number of urea groups is 1. The maximum Gasteiger partial charge on any atom is 0.323 e. The Morgan fingerprint density at radius 2 is 1.95 bits per heavy atom. The number of nitrogens with zero attached hydrogens (tertiary/aromatic N) is 2. The number of carbonyl (C=O) groups is 2. The lowest BCUT2D eigenvalue weighted by Gasteiger charge is -2.33. The first-order chi connectivity index (χ1) is 8.82. The lowest BCUT2D eigenvalue weighted by molar-refractivity contribution is -0.137. The molecule has 0 aromatic heterocycles. The van der Waals surface area contributed by atoms with Crippen LogP contribution in [0.3, 0.4) is 0 Å². The van der Waals surface area contributed by atoms with Crippen LogP contribution < -0.4 is 0 Å². The molecule has 1 heterocycles. The minimum absolute atomic E-state index is 0.118. The van der Waals surface area contributed by atoms with Gasteiger partial charge in [0.2, 0.25) is 0 Å². The third-order valence-corrected chi connectivity index (χ3v) is 3.50. The number of aliphatic carboxylic acids is 1. The Morgan fingerprint density at radius 3 is 2.42 bits per heavy atom. The average Bonchev–Trinajstić information content (AvgIpc) is 2.74. The SMILES string of the molecule is CC(C)CN(CC(=O)O)C(=O)N1CCCC1C(C)C. The number of amides is 2. The van der Waals surface area contributed by atoms with Gasteiger partial charge in [-0.3, -0.25) is 4.79 Å². The van der Waals surface area contributed by atoms with E-state index in [1.54, 1.807) is 0 Å². The van der Waals surface area contributed by atoms with Crippen LogP contribution >= 0.6 is 0 Å². The molecule has 1 aliphatic heterocycles. The van der Waals surface area contributed by atoms with Gasteiger partial charge in [0.25, 0.3) is 0 Å². The number of carboxylic acid groups (broad SMARTS) is 1. The Bertz CT molecular complexity index is 329. The second-order valence-electron chi connectivity index (χ2n) is 6.10. The number of carboxylic acids is 1. The molecule has 1 N–H and O–H groups in total. The molecule has 1 aliphatic rings. The van der Waals surface area contributed by atoms with Gasteiger partial charge in [0.05, 0.1) is 0 Å². The van der Waals surface area contributed by atoms with E-state index < -0.39 is 5.97 Å². The molecule has 2 amide bonds. The Kier molecular flexibility index (Phi) is 5.63. The molecule has 5 heteroatoms. The van der Waals surface area contributed by atoms with Crippen LogP contribution in [-0.2, 0) is 4.79 Å². The molecule has 19 heavy (non-hydrogen) atoms. The van der Waals surface area contributed by atoms with Crippen molar-refractivity contribution < 1.29 is 14.7 Å². The molecule has 1 fully saturated rings. The van der Waals surface area contributed by atoms with Crippen LogP contribution in [0.1, 0.15) is 40.5 Å². The van der Waals surface area contributed by atoms with E-state index in [1.165, 1.54) is 4.90 Å². The van der Waals surface area contributed by atoms with E-state index in [1.807, 2.05) is 18.7 Å². The van der Waals surface area contributed by atoms with Crippen molar-refractivity contribution in [2.75, 3.05) is 19.6 Å². The lowest BCUT2D eigenvalue weighted by Crippen LogP contribution is -2.49. The standard InChI is InChI=1S/C14H26N2O3/c1-10(2)8-15(9-13(17)18)14(19)16-7-5-6-12(16)11(3)4/h10-12H,5-9H2,1-4H3,(H,17,18). The van der Waals surface area contributed by atoms with Crippen molar-refractivity contribution in [2.24, 2.45) is 11.8 Å². The molecule has 0 aliphatic carbocycles. The highest BCUT2D eigenvalue weighted by atomic mass is 16.4. The lowest BCUT2D eigenvalue weighted by atomic mass is 10.0. The molecule has 0 saturated carbocycles. The predicted octanol–water partition coefficient (Wildman–Crippen LogP) is 2.27. The van der Waals surface area contributed by atoms with Gasteiger partial charge in [-0.1, -0.05) is 27.7 Å². The van der Waals surface area contributed by atoms with Gasteiger partial charge in [0, 0.05) is 19.1 Å². The second kappa shape index (κ2) is 6.78. The molecule has 0 aromatic carbocycles. The summed E-state index contributed by atoms with van der Waals surface area (Å²) in [5.41, 5.74) is 0. The van der Waals surface area contributed by atoms with Crippen molar-refractivity contribution in [2.45, 2.75) is 46.6 Å². The van der Waals surface area contributed by atoms with Gasteiger partial charge in [-0.15, -0.1) is 0 Å². The van der Waals surface area contributed by atoms with Gasteiger partial charge >= 0.3 is 12.0 Å². The molecule has 0 bridgehead atoms. The van der Waals surface area contributed by atoms with Crippen molar-refractivity contribution in [3.8, 4) is 0 Å². The molecule has 0 radical (unpaired) electrons. The molecule has 5 nitrogen and oxygen atoms in total. The maximum absolute atomic E-state index is 12.5. The van der Waals surface area contributed by atoms with Gasteiger partial charge in [0.15, 0.2) is 0 Å². The average molecular weight is 270 g/mol. The zero-order valence-electron chi connectivity index (χ0n) is 12.4. The largest absolute Gasteiger partial charge is 0.480 e. The van der Waals surface area contributed by atoms with Crippen molar-refractivity contribution >= 4 is 12.0 Å². The quantitative estimate of drug-likeness (QED) is 0.833. The number of rotatable bonds is 5. The molecule has 1 saturated heterocycles. The van der Waals surface area contributed by atoms with Crippen molar-refractivity contribution in [1.82, 2.24) is 9.80 Å². The van der Waals surface area contributed by atoms with Gasteiger partial charge in [-0.25, -0.2) is 4.79 Å². The minimum Gasteiger partial charge on any atom is -0.480 e. The first-order valence-corrected chi connectivity index (χ1v) is 7.10. The predicted molar refractivity (Wildman–Crippen MR) is 74.0 cm³/mol. The van der Waals surface area contributed by atoms with Crippen LogP contribution in [0.5, 0.6) is 0 Å². The van der Waals surface area contributed by atoms with E-state index in [0.717, 1.165) is 19.4 Å². The second-order valence-corrected chi connectivity index (χ2v) is 6.10. The van der Waals surface area contributed by atoms with Gasteiger partial charge in [-0.05, 0) is 24.7 Å². The van der Waals surface area contributed by atoms with Crippen LogP contribution in [0.15, 0.2) is 0 Å². The summed E-state index contributed by atoms with van der Waals surface area (Å²) in [4.78, 5) is 26.8. The van der Waals surface area contributed by atoms with Crippen LogP contribution in [0.25, 0.3) is 0 Å². The summed E-state index contributed by atoms with van der Waals surface area (Å²) >= 11 is 0. The Morgan fingerprint density at radius 1 is 1.32 bits per heavy atom. The summed E-state index contributed by atoms with van der Waals surface area (Å²) in [5, 5.41) is 8.95. The fraction of sp³-hybridized carbons (Fsp3) is 0.857. The summed E-state index contributed by atoms with van der Waals surface area (Å²) in [6.45, 7) is 9.24. The van der Waals surface area contributed by atoms with Crippen LogP contribution in [0.2, 0.25) is 0 Å². The fourth-order valence-corrected chi connectivity index (χ4v) is 2.72. The number of hydrogen-bond donors (Lipinski definition) is 1. The smallest absolute Gasteiger partial charge is 0.323 e. The maximum atomic E-state index is 12.5. The van der Waals surface area contributed by atoms with E-state index in [2.05, 4.69) is 13.8 Å². The van der Waals surface area contributed by atoms with E-state index in [9.17, 15) is 9.59 Å². The van der Waals surface area contributed by atoms with Crippen molar-refractivity contribution in [1.29, 1.82) is 0 Å². The van der Waals surface area contributed by atoms with Crippen LogP contribution in [-0.4, -0.2) is 52.6 Å². The highest BCUT2D eigenvalue weighted by Gasteiger charge is 2.34. The van der Waals surface area contributed by atoms with Gasteiger partial charge in [0.1, 0.15) is 6.54 Å². The third-order valence-electron chi connectivity index (χ3n) is 3.50. The Labute approximate surface area is 115 Å². The summed E-state index contributed by atoms with van der Waals surface area (Å²) in [6.07, 6.45) is 2.03. The van der Waals surface area contributed by atoms with Gasteiger partial charge in [-0.2, -0.15) is 0 Å². The van der Waals surface area contributed by atoms with Crippen molar-refractivity contribution in [3.63, 3.8) is 0 Å². The summed E-state index contributed by atoms with van der Waals surface area (Å²) in [7, 11) is 0. The summed E-state index contributed by atoms with van der Waals surface area (Å²) < 4.78 is 0. The molecule has 110 valence electrons. The topological polar surface area (TPSA) is 60.9 Å². The van der Waals surface area contributed by atoms with Crippen LogP contribution in [0, 0.1) is 11.8 Å².